The first kappa shape index (κ1) is 14.8. The number of methoxy groups -OCH3 is 1. The van der Waals surface area contributed by atoms with Crippen molar-refractivity contribution in [2.75, 3.05) is 7.11 Å². The fourth-order valence-electron chi connectivity index (χ4n) is 1.76. The van der Waals surface area contributed by atoms with E-state index < -0.39 is 13.9 Å². The molecule has 0 aliphatic rings. The molecule has 0 radical (unpaired) electrons. The van der Waals surface area contributed by atoms with Gasteiger partial charge in [0.05, 0.1) is 12.7 Å². The first-order valence-electron chi connectivity index (χ1n) is 6.10. The van der Waals surface area contributed by atoms with Crippen molar-refractivity contribution in [3.63, 3.8) is 0 Å². The Hall–Kier alpha value is -1.24. The van der Waals surface area contributed by atoms with Gasteiger partial charge >= 0.3 is 0 Å². The molecule has 0 aromatic heterocycles. The minimum atomic E-state index is -1.59. The Labute approximate surface area is 111 Å². The second-order valence-electron chi connectivity index (χ2n) is 5.68. The van der Waals surface area contributed by atoms with Crippen molar-refractivity contribution in [1.29, 1.82) is 0 Å². The van der Waals surface area contributed by atoms with Crippen LogP contribution in [0.5, 0.6) is 5.75 Å². The molecular formula is C15H22O2Si. The molecular weight excluding hydrogens is 240 g/mol. The van der Waals surface area contributed by atoms with Crippen molar-refractivity contribution in [3.8, 4) is 17.6 Å². The van der Waals surface area contributed by atoms with Gasteiger partial charge in [-0.25, -0.2) is 0 Å². The van der Waals surface area contributed by atoms with Gasteiger partial charge in [0.1, 0.15) is 11.4 Å². The quantitative estimate of drug-likeness (QED) is 0.611. The molecule has 18 heavy (non-hydrogen) atoms. The van der Waals surface area contributed by atoms with Gasteiger partial charge in [0.2, 0.25) is 0 Å². The molecule has 0 saturated heterocycles. The lowest BCUT2D eigenvalue weighted by atomic mass is 10.1. The second kappa shape index (κ2) is 5.60. The summed E-state index contributed by atoms with van der Waals surface area (Å²) in [5.41, 5.74) is 0.470. The zero-order valence-corrected chi connectivity index (χ0v) is 13.1. The molecule has 0 aliphatic carbocycles. The van der Waals surface area contributed by atoms with Crippen LogP contribution in [-0.2, 0) is 4.43 Å². The van der Waals surface area contributed by atoms with Gasteiger partial charge in [-0.1, -0.05) is 24.0 Å². The highest BCUT2D eigenvalue weighted by Gasteiger charge is 2.25. The molecule has 0 unspecified atom stereocenters. The smallest absolute Gasteiger partial charge is 0.185 e. The molecule has 0 aliphatic heterocycles. The summed E-state index contributed by atoms with van der Waals surface area (Å²) >= 11 is 0. The number of para-hydroxylation sites is 1. The molecule has 2 nitrogen and oxygen atoms in total. The molecule has 0 amide bonds. The van der Waals surface area contributed by atoms with Crippen LogP contribution in [0.4, 0.5) is 0 Å². The monoisotopic (exact) mass is 262 g/mol. The molecule has 0 bridgehead atoms. The number of ether oxygens (including phenoxy) is 1. The van der Waals surface area contributed by atoms with Crippen molar-refractivity contribution in [2.24, 2.45) is 0 Å². The molecule has 0 saturated carbocycles. The number of benzene rings is 1. The topological polar surface area (TPSA) is 18.5 Å². The fourth-order valence-corrected chi connectivity index (χ4v) is 3.34. The van der Waals surface area contributed by atoms with E-state index in [1.165, 1.54) is 0 Å². The van der Waals surface area contributed by atoms with Crippen LogP contribution in [0.15, 0.2) is 24.3 Å². The SMILES string of the molecule is COc1ccccc1C#CC(C)(C)O[Si](C)(C)C. The Morgan fingerprint density at radius 2 is 1.72 bits per heavy atom. The third-order valence-corrected chi connectivity index (χ3v) is 3.29. The Kier molecular flexibility index (Phi) is 4.61. The van der Waals surface area contributed by atoms with Crippen LogP contribution < -0.4 is 4.74 Å². The molecule has 1 aromatic rings. The Bertz CT molecular complexity index is 461. The predicted molar refractivity (Wildman–Crippen MR) is 78.4 cm³/mol. The van der Waals surface area contributed by atoms with E-state index in [1.54, 1.807) is 7.11 Å². The lowest BCUT2D eigenvalue weighted by Gasteiger charge is -2.28. The molecule has 1 rings (SSSR count). The van der Waals surface area contributed by atoms with Crippen LogP contribution in [-0.4, -0.2) is 21.0 Å². The summed E-state index contributed by atoms with van der Waals surface area (Å²) in [6.45, 7) is 10.5. The van der Waals surface area contributed by atoms with Crippen LogP contribution in [0, 0.1) is 11.8 Å². The lowest BCUT2D eigenvalue weighted by Crippen LogP contribution is -2.37. The minimum absolute atomic E-state index is 0.425. The molecule has 1 aromatic carbocycles. The van der Waals surface area contributed by atoms with Crippen molar-refractivity contribution in [1.82, 2.24) is 0 Å². The summed E-state index contributed by atoms with van der Waals surface area (Å²) in [6, 6.07) is 7.76. The van der Waals surface area contributed by atoms with Gasteiger partial charge in [0.15, 0.2) is 8.32 Å². The van der Waals surface area contributed by atoms with Gasteiger partial charge in [0, 0.05) is 0 Å². The van der Waals surface area contributed by atoms with Crippen LogP contribution in [0.2, 0.25) is 19.6 Å². The first-order chi connectivity index (χ1) is 8.23. The van der Waals surface area contributed by atoms with E-state index in [9.17, 15) is 0 Å². The van der Waals surface area contributed by atoms with Crippen molar-refractivity contribution >= 4 is 8.32 Å². The summed E-state index contributed by atoms with van der Waals surface area (Å²) in [5, 5.41) is 0. The van der Waals surface area contributed by atoms with Crippen molar-refractivity contribution < 1.29 is 9.16 Å². The van der Waals surface area contributed by atoms with Gasteiger partial charge < -0.3 is 9.16 Å². The van der Waals surface area contributed by atoms with E-state index in [0.717, 1.165) is 11.3 Å². The molecule has 0 fully saturated rings. The Balaban J connectivity index is 2.93. The standard InChI is InChI=1S/C15H22O2Si/c1-15(2,17-18(4,5)6)12-11-13-9-7-8-10-14(13)16-3/h7-10H,1-6H3. The highest BCUT2D eigenvalue weighted by Crippen LogP contribution is 2.19. The van der Waals surface area contributed by atoms with Gasteiger partial charge in [-0.15, -0.1) is 0 Å². The van der Waals surface area contributed by atoms with E-state index in [2.05, 4.69) is 31.5 Å². The van der Waals surface area contributed by atoms with E-state index in [4.69, 9.17) is 9.16 Å². The second-order valence-corrected chi connectivity index (χ2v) is 10.1. The lowest BCUT2D eigenvalue weighted by molar-refractivity contribution is 0.164. The summed E-state index contributed by atoms with van der Waals surface area (Å²) in [6.07, 6.45) is 0. The largest absolute Gasteiger partial charge is 0.495 e. The van der Waals surface area contributed by atoms with E-state index in [0.29, 0.717) is 0 Å². The zero-order chi connectivity index (χ0) is 13.8. The molecule has 0 spiro atoms. The van der Waals surface area contributed by atoms with Gasteiger partial charge in [-0.2, -0.15) is 0 Å². The first-order valence-corrected chi connectivity index (χ1v) is 9.51. The number of rotatable bonds is 3. The van der Waals surface area contributed by atoms with Crippen LogP contribution in [0.25, 0.3) is 0 Å². The van der Waals surface area contributed by atoms with Crippen molar-refractivity contribution in [2.45, 2.75) is 39.1 Å². The average molecular weight is 262 g/mol. The summed E-state index contributed by atoms with van der Waals surface area (Å²) in [7, 11) is 0.0705. The molecule has 3 heteroatoms. The summed E-state index contributed by atoms with van der Waals surface area (Å²) in [4.78, 5) is 0. The Morgan fingerprint density at radius 3 is 2.28 bits per heavy atom. The minimum Gasteiger partial charge on any atom is -0.495 e. The van der Waals surface area contributed by atoms with Crippen molar-refractivity contribution in [3.05, 3.63) is 29.8 Å². The maximum Gasteiger partial charge on any atom is 0.185 e. The highest BCUT2D eigenvalue weighted by molar-refractivity contribution is 6.69. The highest BCUT2D eigenvalue weighted by atomic mass is 28.4. The van der Waals surface area contributed by atoms with Gasteiger partial charge in [0.25, 0.3) is 0 Å². The third kappa shape index (κ3) is 4.95. The van der Waals surface area contributed by atoms with E-state index in [1.807, 2.05) is 38.1 Å². The van der Waals surface area contributed by atoms with E-state index in [-0.39, 0.29) is 0 Å². The Morgan fingerprint density at radius 1 is 1.11 bits per heavy atom. The number of hydrogen-bond acceptors (Lipinski definition) is 2. The van der Waals surface area contributed by atoms with Gasteiger partial charge in [-0.3, -0.25) is 0 Å². The normalized spacial score (nSPS) is 11.7. The van der Waals surface area contributed by atoms with Crippen LogP contribution in [0.3, 0.4) is 0 Å². The third-order valence-electron chi connectivity index (χ3n) is 2.17. The van der Waals surface area contributed by atoms with Gasteiger partial charge in [-0.05, 0) is 45.6 Å². The summed E-state index contributed by atoms with van der Waals surface area (Å²) in [5.74, 6) is 7.14. The number of hydrogen-bond donors (Lipinski definition) is 0. The maximum atomic E-state index is 6.04. The molecule has 0 N–H and O–H groups in total. The van der Waals surface area contributed by atoms with Crippen LogP contribution >= 0.6 is 0 Å². The average Bonchev–Trinajstić information content (AvgIpc) is 2.23. The summed E-state index contributed by atoms with van der Waals surface area (Å²) < 4.78 is 11.3. The fraction of sp³-hybridized carbons (Fsp3) is 0.467. The molecule has 98 valence electrons. The predicted octanol–water partition coefficient (Wildman–Crippen LogP) is 3.68. The van der Waals surface area contributed by atoms with Crippen LogP contribution in [0.1, 0.15) is 19.4 Å². The molecule has 0 atom stereocenters. The van der Waals surface area contributed by atoms with E-state index >= 15 is 0 Å². The molecule has 0 heterocycles. The zero-order valence-electron chi connectivity index (χ0n) is 12.1. The maximum absolute atomic E-state index is 6.04.